The molecule has 2 atom stereocenters. The van der Waals surface area contributed by atoms with Gasteiger partial charge in [0, 0.05) is 24.9 Å². The van der Waals surface area contributed by atoms with Gasteiger partial charge in [-0.05, 0) is 43.7 Å². The number of ether oxygens (including phenoxy) is 1. The fourth-order valence-electron chi connectivity index (χ4n) is 3.26. The first-order chi connectivity index (χ1) is 8.27. The van der Waals surface area contributed by atoms with Crippen molar-refractivity contribution in [1.29, 1.82) is 0 Å². The van der Waals surface area contributed by atoms with Crippen LogP contribution in [0, 0.1) is 0 Å². The largest absolute Gasteiger partial charge is 0.389 e. The maximum absolute atomic E-state index is 10.6. The molecule has 17 heavy (non-hydrogen) atoms. The average Bonchev–Trinajstić information content (AvgIpc) is 2.71. The molecule has 2 unspecified atom stereocenters. The summed E-state index contributed by atoms with van der Waals surface area (Å²) >= 11 is 0. The Kier molecular flexibility index (Phi) is 2.68. The molecule has 1 saturated carbocycles. The molecular formula is C14H19NO2. The third kappa shape index (κ3) is 1.60. The maximum Gasteiger partial charge on any atom is 0.0943 e. The number of aromatic nitrogens is 1. The highest BCUT2D eigenvalue weighted by atomic mass is 16.5. The van der Waals surface area contributed by atoms with Crippen molar-refractivity contribution in [2.24, 2.45) is 0 Å². The van der Waals surface area contributed by atoms with Crippen molar-refractivity contribution in [2.45, 2.75) is 49.7 Å². The lowest BCUT2D eigenvalue weighted by Gasteiger charge is -2.46. The zero-order chi connectivity index (χ0) is 11.9. The van der Waals surface area contributed by atoms with Crippen LogP contribution < -0.4 is 0 Å². The number of methoxy groups -OCH3 is 1. The Morgan fingerprint density at radius 2 is 2.35 bits per heavy atom. The van der Waals surface area contributed by atoms with Gasteiger partial charge in [-0.15, -0.1) is 0 Å². The van der Waals surface area contributed by atoms with Crippen LogP contribution in [0.4, 0.5) is 0 Å². The van der Waals surface area contributed by atoms with Crippen LogP contribution in [0.1, 0.15) is 42.9 Å². The summed E-state index contributed by atoms with van der Waals surface area (Å²) in [6, 6.07) is 4.10. The number of rotatable bonds is 3. The molecule has 1 aromatic heterocycles. The minimum atomic E-state index is -0.405. The zero-order valence-corrected chi connectivity index (χ0v) is 10.2. The van der Waals surface area contributed by atoms with Crippen LogP contribution in [0.3, 0.4) is 0 Å². The van der Waals surface area contributed by atoms with E-state index in [4.69, 9.17) is 4.74 Å². The molecule has 2 aliphatic carbocycles. The highest BCUT2D eigenvalue weighted by Crippen LogP contribution is 2.46. The standard InChI is InChI=1S/C14H19NO2/c1-17-14(7-3-8-14)13(16)11-6-5-10-4-2-9-15-12(10)11/h2,4,9,11,13,16H,3,5-8H2,1H3. The van der Waals surface area contributed by atoms with E-state index < -0.39 is 6.10 Å². The number of fused-ring (bicyclic) bond motifs is 1. The molecule has 92 valence electrons. The first-order valence-electron chi connectivity index (χ1n) is 6.44. The molecule has 1 N–H and O–H groups in total. The second kappa shape index (κ2) is 4.07. The third-order valence-electron chi connectivity index (χ3n) is 4.53. The topological polar surface area (TPSA) is 42.4 Å². The molecule has 3 heteroatoms. The van der Waals surface area contributed by atoms with Crippen molar-refractivity contribution in [3.8, 4) is 0 Å². The molecule has 3 nitrogen and oxygen atoms in total. The number of nitrogens with zero attached hydrogens (tertiary/aromatic N) is 1. The SMILES string of the molecule is COC1(C(O)C2CCc3cccnc32)CCC1. The van der Waals surface area contributed by atoms with Gasteiger partial charge in [-0.2, -0.15) is 0 Å². The lowest BCUT2D eigenvalue weighted by atomic mass is 9.71. The predicted molar refractivity (Wildman–Crippen MR) is 64.9 cm³/mol. The molecule has 0 amide bonds. The van der Waals surface area contributed by atoms with Crippen LogP contribution in [0.25, 0.3) is 0 Å². The number of hydrogen-bond donors (Lipinski definition) is 1. The number of pyridine rings is 1. The Morgan fingerprint density at radius 3 is 3.00 bits per heavy atom. The van der Waals surface area contributed by atoms with Gasteiger partial charge in [-0.3, -0.25) is 4.98 Å². The molecule has 1 aromatic rings. The van der Waals surface area contributed by atoms with Gasteiger partial charge < -0.3 is 9.84 Å². The fraction of sp³-hybridized carbons (Fsp3) is 0.643. The van der Waals surface area contributed by atoms with E-state index in [0.717, 1.165) is 37.8 Å². The van der Waals surface area contributed by atoms with Crippen LogP contribution in [0.15, 0.2) is 18.3 Å². The van der Waals surface area contributed by atoms with Crippen molar-refractivity contribution < 1.29 is 9.84 Å². The summed E-state index contributed by atoms with van der Waals surface area (Å²) in [5.74, 6) is 0.159. The highest BCUT2D eigenvalue weighted by molar-refractivity contribution is 5.30. The second-order valence-electron chi connectivity index (χ2n) is 5.26. The summed E-state index contributed by atoms with van der Waals surface area (Å²) in [5, 5.41) is 10.6. The molecule has 0 saturated heterocycles. The van der Waals surface area contributed by atoms with E-state index in [9.17, 15) is 5.11 Å². The Hall–Kier alpha value is -0.930. The molecule has 0 bridgehead atoms. The first-order valence-corrected chi connectivity index (χ1v) is 6.44. The fourth-order valence-corrected chi connectivity index (χ4v) is 3.26. The molecule has 2 aliphatic rings. The molecule has 0 aromatic carbocycles. The Balaban J connectivity index is 1.87. The quantitative estimate of drug-likeness (QED) is 0.868. The van der Waals surface area contributed by atoms with Gasteiger partial charge in [-0.1, -0.05) is 6.07 Å². The predicted octanol–water partition coefficient (Wildman–Crippen LogP) is 2.04. The highest BCUT2D eigenvalue weighted by Gasteiger charge is 2.48. The van der Waals surface area contributed by atoms with Crippen molar-refractivity contribution >= 4 is 0 Å². The third-order valence-corrected chi connectivity index (χ3v) is 4.53. The van der Waals surface area contributed by atoms with Gasteiger partial charge in [0.15, 0.2) is 0 Å². The summed E-state index contributed by atoms with van der Waals surface area (Å²) in [7, 11) is 1.72. The summed E-state index contributed by atoms with van der Waals surface area (Å²) in [6.07, 6.45) is 6.56. The lowest BCUT2D eigenvalue weighted by molar-refractivity contribution is -0.157. The Labute approximate surface area is 102 Å². The molecular weight excluding hydrogens is 214 g/mol. The minimum Gasteiger partial charge on any atom is -0.389 e. The van der Waals surface area contributed by atoms with E-state index in [1.807, 2.05) is 12.3 Å². The molecule has 0 aliphatic heterocycles. The zero-order valence-electron chi connectivity index (χ0n) is 10.2. The molecule has 1 fully saturated rings. The average molecular weight is 233 g/mol. The van der Waals surface area contributed by atoms with E-state index >= 15 is 0 Å². The van der Waals surface area contributed by atoms with Crippen molar-refractivity contribution in [3.63, 3.8) is 0 Å². The van der Waals surface area contributed by atoms with Gasteiger partial charge in [-0.25, -0.2) is 0 Å². The summed E-state index contributed by atoms with van der Waals surface area (Å²) < 4.78 is 5.59. The Morgan fingerprint density at radius 1 is 1.53 bits per heavy atom. The molecule has 3 rings (SSSR count). The van der Waals surface area contributed by atoms with Gasteiger partial charge in [0.2, 0.25) is 0 Å². The number of hydrogen-bond acceptors (Lipinski definition) is 3. The molecule has 0 spiro atoms. The van der Waals surface area contributed by atoms with E-state index in [2.05, 4.69) is 11.1 Å². The Bertz CT molecular complexity index is 409. The lowest BCUT2D eigenvalue weighted by Crippen LogP contribution is -2.52. The van der Waals surface area contributed by atoms with E-state index in [-0.39, 0.29) is 11.5 Å². The molecule has 0 radical (unpaired) electrons. The smallest absolute Gasteiger partial charge is 0.0943 e. The minimum absolute atomic E-state index is 0.159. The van der Waals surface area contributed by atoms with Crippen LogP contribution in [0.5, 0.6) is 0 Å². The van der Waals surface area contributed by atoms with Gasteiger partial charge in [0.05, 0.1) is 11.7 Å². The van der Waals surface area contributed by atoms with Crippen LogP contribution in [-0.4, -0.2) is 28.9 Å². The van der Waals surface area contributed by atoms with E-state index in [1.165, 1.54) is 5.56 Å². The number of aliphatic hydroxyl groups is 1. The number of aliphatic hydroxyl groups excluding tert-OH is 1. The van der Waals surface area contributed by atoms with Crippen molar-refractivity contribution in [3.05, 3.63) is 29.6 Å². The van der Waals surface area contributed by atoms with Crippen LogP contribution >= 0.6 is 0 Å². The summed E-state index contributed by atoms with van der Waals surface area (Å²) in [6.45, 7) is 0. The first kappa shape index (κ1) is 11.2. The summed E-state index contributed by atoms with van der Waals surface area (Å²) in [4.78, 5) is 4.45. The van der Waals surface area contributed by atoms with Gasteiger partial charge in [0.1, 0.15) is 0 Å². The van der Waals surface area contributed by atoms with Gasteiger partial charge in [0.25, 0.3) is 0 Å². The van der Waals surface area contributed by atoms with Gasteiger partial charge >= 0.3 is 0 Å². The van der Waals surface area contributed by atoms with Crippen LogP contribution in [-0.2, 0) is 11.2 Å². The normalized spacial score (nSPS) is 27.3. The molecule has 1 heterocycles. The van der Waals surface area contributed by atoms with E-state index in [1.54, 1.807) is 7.11 Å². The second-order valence-corrected chi connectivity index (χ2v) is 5.26. The van der Waals surface area contributed by atoms with E-state index in [0.29, 0.717) is 0 Å². The van der Waals surface area contributed by atoms with Crippen molar-refractivity contribution in [2.75, 3.05) is 7.11 Å². The monoisotopic (exact) mass is 233 g/mol. The van der Waals surface area contributed by atoms with Crippen molar-refractivity contribution in [1.82, 2.24) is 4.98 Å². The van der Waals surface area contributed by atoms with Crippen LogP contribution in [0.2, 0.25) is 0 Å². The maximum atomic E-state index is 10.6. The number of aryl methyl sites for hydroxylation is 1. The summed E-state index contributed by atoms with van der Waals surface area (Å²) in [5.41, 5.74) is 2.08.